The zero-order chi connectivity index (χ0) is 22.8. The maximum Gasteiger partial charge on any atom is 0.260 e. The predicted octanol–water partition coefficient (Wildman–Crippen LogP) is 3.86. The number of hydrogen-bond acceptors (Lipinski definition) is 6. The van der Waals surface area contributed by atoms with Gasteiger partial charge in [-0.25, -0.2) is 0 Å². The molecule has 0 atom stereocenters. The minimum absolute atomic E-state index is 0. The summed E-state index contributed by atoms with van der Waals surface area (Å²) in [7, 11) is 4.89. The van der Waals surface area contributed by atoms with Gasteiger partial charge < -0.3 is 29.2 Å². The van der Waals surface area contributed by atoms with Crippen molar-refractivity contribution in [1.82, 2.24) is 10.2 Å². The molecule has 1 N–H and O–H groups in total. The van der Waals surface area contributed by atoms with Gasteiger partial charge in [0.2, 0.25) is 0 Å². The summed E-state index contributed by atoms with van der Waals surface area (Å²) in [5, 5.41) is 3.45. The molecule has 33 heavy (non-hydrogen) atoms. The van der Waals surface area contributed by atoms with Gasteiger partial charge in [-0.1, -0.05) is 12.1 Å². The summed E-state index contributed by atoms with van der Waals surface area (Å²) in [6.45, 7) is 3.22. The van der Waals surface area contributed by atoms with Crippen LogP contribution >= 0.6 is 12.4 Å². The van der Waals surface area contributed by atoms with Crippen molar-refractivity contribution in [3.05, 3.63) is 47.5 Å². The third-order valence-electron chi connectivity index (χ3n) is 5.66. The lowest BCUT2D eigenvalue weighted by Crippen LogP contribution is -2.38. The molecule has 8 heteroatoms. The number of benzene rings is 2. The number of likely N-dealkylation sites (tertiary alicyclic amines) is 1. The SMILES string of the molecule is COc1ccc(CCNCc2ccc(OCC(=O)N3CCCCC3)c(OC)c2)cc1OC.Cl. The Morgan fingerprint density at radius 3 is 2.15 bits per heavy atom. The highest BCUT2D eigenvalue weighted by molar-refractivity contribution is 5.85. The van der Waals surface area contributed by atoms with Crippen molar-refractivity contribution in [1.29, 1.82) is 0 Å². The molecule has 0 aromatic heterocycles. The summed E-state index contributed by atoms with van der Waals surface area (Å²) >= 11 is 0. The molecular weight excluding hydrogens is 444 g/mol. The van der Waals surface area contributed by atoms with Gasteiger partial charge in [0.15, 0.2) is 29.6 Å². The fraction of sp³-hybridized carbons (Fsp3) is 0.480. The molecule has 0 saturated carbocycles. The topological polar surface area (TPSA) is 69.3 Å². The van der Waals surface area contributed by atoms with E-state index in [2.05, 4.69) is 5.32 Å². The molecule has 1 aliphatic heterocycles. The Morgan fingerprint density at radius 1 is 0.848 bits per heavy atom. The Labute approximate surface area is 202 Å². The predicted molar refractivity (Wildman–Crippen MR) is 131 cm³/mol. The van der Waals surface area contributed by atoms with E-state index in [1.54, 1.807) is 21.3 Å². The molecule has 2 aromatic carbocycles. The Kier molecular flexibility index (Phi) is 11.1. The zero-order valence-electron chi connectivity index (χ0n) is 19.7. The number of hydrogen-bond donors (Lipinski definition) is 1. The molecule has 1 amide bonds. The van der Waals surface area contributed by atoms with Crippen molar-refractivity contribution >= 4 is 18.3 Å². The van der Waals surface area contributed by atoms with Gasteiger partial charge in [-0.2, -0.15) is 0 Å². The molecule has 182 valence electrons. The normalized spacial score (nSPS) is 13.1. The van der Waals surface area contributed by atoms with E-state index in [0.717, 1.165) is 56.0 Å². The number of rotatable bonds is 11. The molecule has 3 rings (SSSR count). The standard InChI is InChI=1S/C25H34N2O5.ClH/c1-29-21-9-7-19(15-23(21)30-2)11-12-26-17-20-8-10-22(24(16-20)31-3)32-18-25(28)27-13-5-4-6-14-27;/h7-10,15-16,26H,4-6,11-14,17-18H2,1-3H3;1H. The van der Waals surface area contributed by atoms with E-state index in [9.17, 15) is 4.79 Å². The molecule has 0 aliphatic carbocycles. The lowest BCUT2D eigenvalue weighted by atomic mass is 10.1. The van der Waals surface area contributed by atoms with E-state index in [4.69, 9.17) is 18.9 Å². The summed E-state index contributed by atoms with van der Waals surface area (Å²) < 4.78 is 21.9. The first-order valence-corrected chi connectivity index (χ1v) is 11.1. The van der Waals surface area contributed by atoms with Gasteiger partial charge in [0.05, 0.1) is 21.3 Å². The van der Waals surface area contributed by atoms with Crippen LogP contribution in [0.4, 0.5) is 0 Å². The second-order valence-electron chi connectivity index (χ2n) is 7.83. The average molecular weight is 479 g/mol. The fourth-order valence-corrected chi connectivity index (χ4v) is 3.82. The molecule has 0 spiro atoms. The van der Waals surface area contributed by atoms with Crippen LogP contribution in [0.3, 0.4) is 0 Å². The second-order valence-corrected chi connectivity index (χ2v) is 7.83. The van der Waals surface area contributed by atoms with E-state index in [-0.39, 0.29) is 24.9 Å². The second kappa shape index (κ2) is 13.8. The van der Waals surface area contributed by atoms with Crippen LogP contribution in [0.5, 0.6) is 23.0 Å². The first kappa shape index (κ1) is 26.6. The molecular formula is C25H35ClN2O5. The van der Waals surface area contributed by atoms with Gasteiger partial charge in [0.1, 0.15) is 0 Å². The van der Waals surface area contributed by atoms with Crippen LogP contribution in [0, 0.1) is 0 Å². The van der Waals surface area contributed by atoms with E-state index >= 15 is 0 Å². The molecule has 0 unspecified atom stereocenters. The smallest absolute Gasteiger partial charge is 0.260 e. The van der Waals surface area contributed by atoms with Crippen molar-refractivity contribution in [2.24, 2.45) is 0 Å². The number of carbonyl (C=O) groups is 1. The summed E-state index contributed by atoms with van der Waals surface area (Å²) in [6, 6.07) is 11.8. The highest BCUT2D eigenvalue weighted by Gasteiger charge is 2.17. The van der Waals surface area contributed by atoms with Gasteiger partial charge in [-0.15, -0.1) is 12.4 Å². The Bertz CT molecular complexity index is 887. The number of carbonyl (C=O) groups excluding carboxylic acids is 1. The first-order valence-electron chi connectivity index (χ1n) is 11.1. The van der Waals surface area contributed by atoms with Crippen LogP contribution in [-0.2, 0) is 17.8 Å². The fourth-order valence-electron chi connectivity index (χ4n) is 3.82. The van der Waals surface area contributed by atoms with E-state index < -0.39 is 0 Å². The van der Waals surface area contributed by atoms with Crippen LogP contribution in [0.15, 0.2) is 36.4 Å². The third kappa shape index (κ3) is 7.72. The van der Waals surface area contributed by atoms with Gasteiger partial charge >= 0.3 is 0 Å². The maximum absolute atomic E-state index is 12.3. The van der Waals surface area contributed by atoms with Crippen LogP contribution in [0.25, 0.3) is 0 Å². The first-order chi connectivity index (χ1) is 15.6. The van der Waals surface area contributed by atoms with E-state index in [0.29, 0.717) is 18.0 Å². The average Bonchev–Trinajstić information content (AvgIpc) is 2.85. The third-order valence-corrected chi connectivity index (χ3v) is 5.66. The van der Waals surface area contributed by atoms with Crippen molar-refractivity contribution in [3.63, 3.8) is 0 Å². The number of piperidine rings is 1. The molecule has 2 aromatic rings. The minimum atomic E-state index is 0. The maximum atomic E-state index is 12.3. The lowest BCUT2D eigenvalue weighted by Gasteiger charge is -2.26. The molecule has 1 fully saturated rings. The molecule has 1 heterocycles. The van der Waals surface area contributed by atoms with Crippen LogP contribution in [-0.4, -0.2) is 58.4 Å². The molecule has 1 saturated heterocycles. The minimum Gasteiger partial charge on any atom is -0.493 e. The monoisotopic (exact) mass is 478 g/mol. The Morgan fingerprint density at radius 2 is 1.45 bits per heavy atom. The van der Waals surface area contributed by atoms with Crippen LogP contribution in [0.1, 0.15) is 30.4 Å². The van der Waals surface area contributed by atoms with Gasteiger partial charge in [0, 0.05) is 19.6 Å². The lowest BCUT2D eigenvalue weighted by molar-refractivity contribution is -0.134. The van der Waals surface area contributed by atoms with E-state index in [1.165, 1.54) is 12.0 Å². The zero-order valence-corrected chi connectivity index (χ0v) is 20.5. The quantitative estimate of drug-likeness (QED) is 0.495. The summed E-state index contributed by atoms with van der Waals surface area (Å²) in [6.07, 6.45) is 4.21. The molecule has 1 aliphatic rings. The van der Waals surface area contributed by atoms with Crippen LogP contribution < -0.4 is 24.3 Å². The van der Waals surface area contributed by atoms with Crippen molar-refractivity contribution in [2.45, 2.75) is 32.2 Å². The van der Waals surface area contributed by atoms with Crippen molar-refractivity contribution in [3.8, 4) is 23.0 Å². The Hall–Kier alpha value is -2.64. The number of halogens is 1. The number of ether oxygens (including phenoxy) is 4. The summed E-state index contributed by atoms with van der Waals surface area (Å²) in [5.74, 6) is 2.73. The number of nitrogens with one attached hydrogen (secondary N) is 1. The van der Waals surface area contributed by atoms with Crippen LogP contribution in [0.2, 0.25) is 0 Å². The molecule has 0 bridgehead atoms. The summed E-state index contributed by atoms with van der Waals surface area (Å²) in [4.78, 5) is 14.2. The number of amides is 1. The Balaban J connectivity index is 0.00000385. The van der Waals surface area contributed by atoms with Gasteiger partial charge in [-0.05, 0) is 67.6 Å². The highest BCUT2D eigenvalue weighted by atomic mass is 35.5. The molecule has 0 radical (unpaired) electrons. The van der Waals surface area contributed by atoms with Crippen molar-refractivity contribution in [2.75, 3.05) is 47.6 Å². The van der Waals surface area contributed by atoms with Crippen molar-refractivity contribution < 1.29 is 23.7 Å². The van der Waals surface area contributed by atoms with Gasteiger partial charge in [-0.3, -0.25) is 4.79 Å². The number of nitrogens with zero attached hydrogens (tertiary/aromatic N) is 1. The highest BCUT2D eigenvalue weighted by Crippen LogP contribution is 2.29. The summed E-state index contributed by atoms with van der Waals surface area (Å²) in [5.41, 5.74) is 2.26. The largest absolute Gasteiger partial charge is 0.493 e. The van der Waals surface area contributed by atoms with E-state index in [1.807, 2.05) is 41.3 Å². The molecule has 7 nitrogen and oxygen atoms in total. The van der Waals surface area contributed by atoms with Gasteiger partial charge in [0.25, 0.3) is 5.91 Å². The number of methoxy groups -OCH3 is 3.